The van der Waals surface area contributed by atoms with Gasteiger partial charge in [-0.1, -0.05) is 0 Å². The van der Waals surface area contributed by atoms with Gasteiger partial charge in [0.15, 0.2) is 15.7 Å². The van der Waals surface area contributed by atoms with Crippen LogP contribution in [0.25, 0.3) is 0 Å². The second kappa shape index (κ2) is 4.83. The molecule has 20 heavy (non-hydrogen) atoms. The van der Waals surface area contributed by atoms with E-state index in [4.69, 9.17) is 0 Å². The number of hydrogen-bond acceptors (Lipinski definition) is 5. The lowest BCUT2D eigenvalue weighted by molar-refractivity contribution is -0.139. The number of fused-ring (bicyclic) bond motifs is 1. The van der Waals surface area contributed by atoms with E-state index in [1.165, 1.54) is 0 Å². The van der Waals surface area contributed by atoms with Crippen LogP contribution in [0.15, 0.2) is 0 Å². The monoisotopic (exact) mass is 299 g/mol. The highest BCUT2D eigenvalue weighted by Gasteiger charge is 2.33. The summed E-state index contributed by atoms with van der Waals surface area (Å²) in [5, 5.41) is 13.6. The van der Waals surface area contributed by atoms with Crippen LogP contribution in [0.3, 0.4) is 0 Å². The van der Waals surface area contributed by atoms with Gasteiger partial charge in [-0.15, -0.1) is 0 Å². The van der Waals surface area contributed by atoms with Crippen molar-refractivity contribution >= 4 is 15.8 Å². The van der Waals surface area contributed by atoms with E-state index >= 15 is 0 Å². The Bertz CT molecular complexity index is 637. The van der Waals surface area contributed by atoms with E-state index in [0.717, 1.165) is 12.8 Å². The predicted molar refractivity (Wildman–Crippen MR) is 70.3 cm³/mol. The van der Waals surface area contributed by atoms with Gasteiger partial charge < -0.3 is 5.11 Å². The molecule has 3 heterocycles. The van der Waals surface area contributed by atoms with Crippen LogP contribution in [0, 0.1) is 0 Å². The maximum Gasteiger partial charge on any atom is 0.314 e. The smallest absolute Gasteiger partial charge is 0.314 e. The maximum absolute atomic E-state index is 11.7. The average molecular weight is 299 g/mol. The molecule has 0 saturated carbocycles. The molecule has 1 aromatic heterocycles. The first kappa shape index (κ1) is 13.5. The lowest BCUT2D eigenvalue weighted by Crippen LogP contribution is -2.24. The lowest BCUT2D eigenvalue weighted by atomic mass is 9.99. The summed E-state index contributed by atoms with van der Waals surface area (Å²) >= 11 is 0. The molecule has 0 aliphatic carbocycles. The van der Waals surface area contributed by atoms with E-state index < -0.39 is 21.7 Å². The summed E-state index contributed by atoms with van der Waals surface area (Å²) in [6.07, 6.45) is 2.70. The summed E-state index contributed by atoms with van der Waals surface area (Å²) in [7, 11) is -3.02. The molecule has 8 heteroatoms. The zero-order valence-electron chi connectivity index (χ0n) is 11.0. The zero-order valence-corrected chi connectivity index (χ0v) is 11.8. The number of rotatable bonds is 2. The highest BCUT2D eigenvalue weighted by molar-refractivity contribution is 7.91. The first-order valence-corrected chi connectivity index (χ1v) is 8.66. The van der Waals surface area contributed by atoms with Crippen LogP contribution in [-0.2, 0) is 21.2 Å². The van der Waals surface area contributed by atoms with Crippen molar-refractivity contribution in [3.8, 4) is 0 Å². The van der Waals surface area contributed by atoms with Crippen molar-refractivity contribution in [2.75, 3.05) is 11.5 Å². The van der Waals surface area contributed by atoms with Crippen LogP contribution < -0.4 is 0 Å². The van der Waals surface area contributed by atoms with Gasteiger partial charge in [0.1, 0.15) is 11.7 Å². The minimum atomic E-state index is -3.02. The number of aliphatic carboxylic acids is 1. The van der Waals surface area contributed by atoms with E-state index in [-0.39, 0.29) is 17.4 Å². The highest BCUT2D eigenvalue weighted by Crippen LogP contribution is 2.30. The van der Waals surface area contributed by atoms with Crippen molar-refractivity contribution in [3.63, 3.8) is 0 Å². The average Bonchev–Trinajstić information content (AvgIpc) is 2.80. The molecule has 7 nitrogen and oxygen atoms in total. The quantitative estimate of drug-likeness (QED) is 0.854. The molecule has 2 aliphatic rings. The minimum absolute atomic E-state index is 0.0776. The lowest BCUT2D eigenvalue weighted by Gasteiger charge is -2.18. The number of carboxylic acids is 1. The van der Waals surface area contributed by atoms with Crippen LogP contribution >= 0.6 is 0 Å². The van der Waals surface area contributed by atoms with Gasteiger partial charge in [-0.2, -0.15) is 5.10 Å². The SMILES string of the molecule is O=C(O)C1CCCn2nc(C3CCCS(=O)(=O)C3)nc21. The van der Waals surface area contributed by atoms with Crippen molar-refractivity contribution in [3.05, 3.63) is 11.6 Å². The summed E-state index contributed by atoms with van der Waals surface area (Å²) in [6, 6.07) is 0. The molecule has 2 unspecified atom stereocenters. The standard InChI is InChI=1S/C12H17N3O4S/c16-12(17)9-4-1-5-15-11(9)13-10(14-15)8-3-2-6-20(18,19)7-8/h8-9H,1-7H2,(H,16,17). The van der Waals surface area contributed by atoms with E-state index in [1.807, 2.05) is 0 Å². The Morgan fingerprint density at radius 1 is 1.30 bits per heavy atom. The predicted octanol–water partition coefficient (Wildman–Crippen LogP) is 0.532. The molecule has 1 aromatic rings. The Labute approximate surface area is 116 Å². The molecule has 0 radical (unpaired) electrons. The van der Waals surface area contributed by atoms with Gasteiger partial charge in [-0.25, -0.2) is 18.1 Å². The van der Waals surface area contributed by atoms with Crippen LogP contribution in [0.2, 0.25) is 0 Å². The summed E-state index contributed by atoms with van der Waals surface area (Å²) in [6.45, 7) is 0.658. The fourth-order valence-corrected chi connectivity index (χ4v) is 4.70. The van der Waals surface area contributed by atoms with Crippen molar-refractivity contribution in [1.82, 2.24) is 14.8 Å². The van der Waals surface area contributed by atoms with Gasteiger partial charge in [0, 0.05) is 12.5 Å². The second-order valence-corrected chi connectivity index (χ2v) is 7.77. The Hall–Kier alpha value is -1.44. The van der Waals surface area contributed by atoms with E-state index in [1.54, 1.807) is 4.68 Å². The molecule has 1 N–H and O–H groups in total. The van der Waals surface area contributed by atoms with Crippen LogP contribution in [0.1, 0.15) is 49.2 Å². The van der Waals surface area contributed by atoms with Crippen molar-refractivity contribution in [2.45, 2.75) is 44.1 Å². The van der Waals surface area contributed by atoms with E-state index in [0.29, 0.717) is 31.0 Å². The van der Waals surface area contributed by atoms with Crippen LogP contribution in [0.4, 0.5) is 0 Å². The molecule has 110 valence electrons. The van der Waals surface area contributed by atoms with Gasteiger partial charge in [0.25, 0.3) is 0 Å². The molecular weight excluding hydrogens is 282 g/mol. The Balaban J connectivity index is 1.91. The first-order chi connectivity index (χ1) is 9.46. The number of carboxylic acid groups (broad SMARTS) is 1. The number of sulfone groups is 1. The third kappa shape index (κ3) is 2.44. The third-order valence-corrected chi connectivity index (χ3v) is 5.84. The Morgan fingerprint density at radius 3 is 2.80 bits per heavy atom. The van der Waals surface area contributed by atoms with Gasteiger partial charge in [0.2, 0.25) is 0 Å². The summed E-state index contributed by atoms with van der Waals surface area (Å²) in [5.74, 6) is -0.422. The summed E-state index contributed by atoms with van der Waals surface area (Å²) in [4.78, 5) is 15.6. The van der Waals surface area contributed by atoms with Gasteiger partial charge in [-0.05, 0) is 25.7 Å². The second-order valence-electron chi connectivity index (χ2n) is 5.54. The number of nitrogens with zero attached hydrogens (tertiary/aromatic N) is 3. The van der Waals surface area contributed by atoms with Crippen molar-refractivity contribution in [2.24, 2.45) is 0 Å². The maximum atomic E-state index is 11.7. The molecular formula is C12H17N3O4S. The Kier molecular flexibility index (Phi) is 3.27. The molecule has 0 bridgehead atoms. The molecule has 2 atom stereocenters. The third-order valence-electron chi connectivity index (χ3n) is 4.02. The molecule has 2 aliphatic heterocycles. The zero-order chi connectivity index (χ0) is 14.3. The van der Waals surface area contributed by atoms with E-state index in [9.17, 15) is 18.3 Å². The van der Waals surface area contributed by atoms with Crippen molar-refractivity contribution in [1.29, 1.82) is 0 Å². The topological polar surface area (TPSA) is 102 Å². The highest BCUT2D eigenvalue weighted by atomic mass is 32.2. The number of hydrogen-bond donors (Lipinski definition) is 1. The fourth-order valence-electron chi connectivity index (χ4n) is 3.00. The molecule has 1 fully saturated rings. The van der Waals surface area contributed by atoms with Gasteiger partial charge in [-0.3, -0.25) is 4.79 Å². The number of carbonyl (C=O) groups is 1. The number of aromatic nitrogens is 3. The molecule has 1 saturated heterocycles. The fraction of sp³-hybridized carbons (Fsp3) is 0.750. The van der Waals surface area contributed by atoms with Gasteiger partial charge in [0.05, 0.1) is 11.5 Å². The van der Waals surface area contributed by atoms with Crippen molar-refractivity contribution < 1.29 is 18.3 Å². The molecule has 0 aromatic carbocycles. The van der Waals surface area contributed by atoms with Crippen LogP contribution in [0.5, 0.6) is 0 Å². The normalized spacial score (nSPS) is 28.8. The Morgan fingerprint density at radius 2 is 2.10 bits per heavy atom. The first-order valence-electron chi connectivity index (χ1n) is 6.84. The molecule has 3 rings (SSSR count). The largest absolute Gasteiger partial charge is 0.481 e. The van der Waals surface area contributed by atoms with Gasteiger partial charge >= 0.3 is 5.97 Å². The number of aryl methyl sites for hydroxylation is 1. The minimum Gasteiger partial charge on any atom is -0.481 e. The molecule has 0 amide bonds. The van der Waals surface area contributed by atoms with Crippen LogP contribution in [-0.4, -0.2) is 45.8 Å². The molecule has 0 spiro atoms. The summed E-state index contributed by atoms with van der Waals surface area (Å²) in [5.41, 5.74) is 0. The summed E-state index contributed by atoms with van der Waals surface area (Å²) < 4.78 is 25.0. The van der Waals surface area contributed by atoms with E-state index in [2.05, 4.69) is 10.1 Å².